The third-order valence-corrected chi connectivity index (χ3v) is 1.60. The van der Waals surface area contributed by atoms with Crippen molar-refractivity contribution in [3.8, 4) is 5.75 Å². The van der Waals surface area contributed by atoms with E-state index in [2.05, 4.69) is 11.3 Å². The summed E-state index contributed by atoms with van der Waals surface area (Å²) in [4.78, 5) is 10.4. The van der Waals surface area contributed by atoms with Crippen molar-refractivity contribution in [2.45, 2.75) is 6.92 Å². The molecule has 0 aliphatic rings. The monoisotopic (exact) mass is 192 g/mol. The Balaban J connectivity index is 2.43. The lowest BCUT2D eigenvalue weighted by atomic mass is 10.2. The zero-order chi connectivity index (χ0) is 10.4. The normalized spacial score (nSPS) is 9.21. The number of hydrogen-bond acceptors (Lipinski definition) is 3. The summed E-state index contributed by atoms with van der Waals surface area (Å²) < 4.78 is 9.76. The van der Waals surface area contributed by atoms with E-state index in [0.29, 0.717) is 5.75 Å². The van der Waals surface area contributed by atoms with Gasteiger partial charge >= 0.3 is 5.97 Å². The predicted octanol–water partition coefficient (Wildman–Crippen LogP) is 2.23. The van der Waals surface area contributed by atoms with Crippen LogP contribution >= 0.6 is 0 Å². The minimum atomic E-state index is -0.354. The van der Waals surface area contributed by atoms with E-state index in [0.717, 1.165) is 5.56 Å². The van der Waals surface area contributed by atoms with Gasteiger partial charge in [-0.2, -0.15) is 0 Å². The fourth-order valence-electron chi connectivity index (χ4n) is 0.881. The Morgan fingerprint density at radius 3 is 2.57 bits per heavy atom. The van der Waals surface area contributed by atoms with E-state index in [1.807, 2.05) is 12.1 Å². The number of esters is 1. The molecule has 1 rings (SSSR count). The van der Waals surface area contributed by atoms with Crippen LogP contribution in [0, 0.1) is 0 Å². The molecule has 0 aliphatic carbocycles. The second-order valence-electron chi connectivity index (χ2n) is 2.67. The third kappa shape index (κ3) is 3.31. The topological polar surface area (TPSA) is 35.5 Å². The first kappa shape index (κ1) is 10.3. The van der Waals surface area contributed by atoms with Gasteiger partial charge in [-0.15, -0.1) is 0 Å². The van der Waals surface area contributed by atoms with E-state index >= 15 is 0 Å². The van der Waals surface area contributed by atoms with Gasteiger partial charge in [0, 0.05) is 6.92 Å². The number of rotatable bonds is 4. The van der Waals surface area contributed by atoms with Crippen LogP contribution in [0.25, 0.3) is 6.08 Å². The molecule has 1 aromatic carbocycles. The second kappa shape index (κ2) is 5.07. The number of benzene rings is 1. The molecule has 1 aromatic rings. The Morgan fingerprint density at radius 2 is 2.07 bits per heavy atom. The molecule has 0 N–H and O–H groups in total. The van der Waals surface area contributed by atoms with Gasteiger partial charge in [-0.05, 0) is 17.7 Å². The second-order valence-corrected chi connectivity index (χ2v) is 2.67. The van der Waals surface area contributed by atoms with Crippen molar-refractivity contribution in [3.63, 3.8) is 0 Å². The molecule has 0 atom stereocenters. The largest absolute Gasteiger partial charge is 0.457 e. The summed E-state index contributed by atoms with van der Waals surface area (Å²) >= 11 is 0. The molecular formula is C11H12O3. The first-order valence-electron chi connectivity index (χ1n) is 4.21. The molecule has 0 radical (unpaired) electrons. The molecule has 0 amide bonds. The molecule has 0 unspecified atom stereocenters. The zero-order valence-corrected chi connectivity index (χ0v) is 8.03. The van der Waals surface area contributed by atoms with Gasteiger partial charge in [0.15, 0.2) is 0 Å². The highest BCUT2D eigenvalue weighted by atomic mass is 16.7. The number of hydrogen-bond donors (Lipinski definition) is 0. The van der Waals surface area contributed by atoms with Crippen LogP contribution in [0.5, 0.6) is 5.75 Å². The van der Waals surface area contributed by atoms with Crippen LogP contribution < -0.4 is 4.74 Å². The fraction of sp³-hybridized carbons (Fsp3) is 0.182. The van der Waals surface area contributed by atoms with E-state index in [1.54, 1.807) is 18.2 Å². The summed E-state index contributed by atoms with van der Waals surface area (Å²) in [5.74, 6) is 0.310. The van der Waals surface area contributed by atoms with Gasteiger partial charge in [0.25, 0.3) is 0 Å². The predicted molar refractivity (Wildman–Crippen MR) is 53.8 cm³/mol. The lowest BCUT2D eigenvalue weighted by molar-refractivity contribution is -0.147. The van der Waals surface area contributed by atoms with Crippen LogP contribution in [-0.4, -0.2) is 12.8 Å². The smallest absolute Gasteiger partial charge is 0.305 e. The molecule has 74 valence electrons. The van der Waals surface area contributed by atoms with E-state index in [-0.39, 0.29) is 12.8 Å². The molecule has 0 saturated heterocycles. The van der Waals surface area contributed by atoms with Crippen molar-refractivity contribution in [2.75, 3.05) is 6.79 Å². The maximum atomic E-state index is 10.4. The van der Waals surface area contributed by atoms with Crippen molar-refractivity contribution in [2.24, 2.45) is 0 Å². The Kier molecular flexibility index (Phi) is 3.73. The van der Waals surface area contributed by atoms with Crippen molar-refractivity contribution in [3.05, 3.63) is 36.4 Å². The van der Waals surface area contributed by atoms with E-state index < -0.39 is 0 Å². The molecule has 3 nitrogen and oxygen atoms in total. The molecule has 3 heteroatoms. The van der Waals surface area contributed by atoms with E-state index in [1.165, 1.54) is 6.92 Å². The summed E-state index contributed by atoms with van der Waals surface area (Å²) in [7, 11) is 0. The average Bonchev–Trinajstić information content (AvgIpc) is 2.18. The minimum Gasteiger partial charge on any atom is -0.457 e. The third-order valence-electron chi connectivity index (χ3n) is 1.60. The molecule has 0 saturated carbocycles. The van der Waals surface area contributed by atoms with Crippen LogP contribution in [0.1, 0.15) is 12.5 Å². The van der Waals surface area contributed by atoms with Crippen molar-refractivity contribution >= 4 is 12.0 Å². The van der Waals surface area contributed by atoms with Crippen molar-refractivity contribution < 1.29 is 14.3 Å². The Bertz CT molecular complexity index is 314. The van der Waals surface area contributed by atoms with Gasteiger partial charge in [0.2, 0.25) is 6.79 Å². The van der Waals surface area contributed by atoms with E-state index in [4.69, 9.17) is 4.74 Å². The minimum absolute atomic E-state index is 0.0528. The first-order valence-corrected chi connectivity index (χ1v) is 4.21. The summed E-state index contributed by atoms with van der Waals surface area (Å²) in [5.41, 5.74) is 1.02. The van der Waals surface area contributed by atoms with Crippen LogP contribution in [-0.2, 0) is 9.53 Å². The van der Waals surface area contributed by atoms with Gasteiger partial charge in [-0.1, -0.05) is 24.8 Å². The Morgan fingerprint density at radius 1 is 1.43 bits per heavy atom. The standard InChI is InChI=1S/C11H12O3/c1-3-10-4-6-11(7-5-10)14-8-13-9(2)12/h3-7H,1,8H2,2H3. The lowest BCUT2D eigenvalue weighted by Crippen LogP contribution is -2.06. The molecule has 0 fully saturated rings. The molecule has 0 aromatic heterocycles. The lowest BCUT2D eigenvalue weighted by Gasteiger charge is -2.05. The quantitative estimate of drug-likeness (QED) is 0.542. The summed E-state index contributed by atoms with van der Waals surface area (Å²) in [6.45, 7) is 4.92. The van der Waals surface area contributed by atoms with Crippen LogP contribution in [0.3, 0.4) is 0 Å². The number of carbonyl (C=O) groups is 1. The molecule has 0 spiro atoms. The molecule has 0 aliphatic heterocycles. The zero-order valence-electron chi connectivity index (χ0n) is 8.03. The molecule has 0 bridgehead atoms. The molecular weight excluding hydrogens is 180 g/mol. The van der Waals surface area contributed by atoms with Gasteiger partial charge in [0.05, 0.1) is 0 Å². The van der Waals surface area contributed by atoms with Crippen molar-refractivity contribution in [1.29, 1.82) is 0 Å². The highest BCUT2D eigenvalue weighted by molar-refractivity contribution is 5.65. The van der Waals surface area contributed by atoms with Gasteiger partial charge in [-0.25, -0.2) is 0 Å². The number of ether oxygens (including phenoxy) is 2. The van der Waals surface area contributed by atoms with Crippen LogP contribution in [0.15, 0.2) is 30.8 Å². The maximum Gasteiger partial charge on any atom is 0.305 e. The molecule has 0 heterocycles. The summed E-state index contributed by atoms with van der Waals surface area (Å²) in [6.07, 6.45) is 1.75. The van der Waals surface area contributed by atoms with Crippen LogP contribution in [0.4, 0.5) is 0 Å². The average molecular weight is 192 g/mol. The highest BCUT2D eigenvalue weighted by Crippen LogP contribution is 2.12. The SMILES string of the molecule is C=Cc1ccc(OCOC(C)=O)cc1. The molecule has 14 heavy (non-hydrogen) atoms. The number of carbonyl (C=O) groups excluding carboxylic acids is 1. The first-order chi connectivity index (χ1) is 6.72. The van der Waals surface area contributed by atoms with Crippen molar-refractivity contribution in [1.82, 2.24) is 0 Å². The summed E-state index contributed by atoms with van der Waals surface area (Å²) in [5, 5.41) is 0. The Hall–Kier alpha value is -1.77. The maximum absolute atomic E-state index is 10.4. The highest BCUT2D eigenvalue weighted by Gasteiger charge is 1.94. The van der Waals surface area contributed by atoms with Gasteiger partial charge < -0.3 is 9.47 Å². The van der Waals surface area contributed by atoms with E-state index in [9.17, 15) is 4.79 Å². The Labute approximate surface area is 83.0 Å². The summed E-state index contributed by atoms with van der Waals surface area (Å²) in [6, 6.07) is 7.33. The van der Waals surface area contributed by atoms with Crippen LogP contribution in [0.2, 0.25) is 0 Å². The van der Waals surface area contributed by atoms with Gasteiger partial charge in [0.1, 0.15) is 5.75 Å². The van der Waals surface area contributed by atoms with Gasteiger partial charge in [-0.3, -0.25) is 4.79 Å². The fourth-order valence-corrected chi connectivity index (χ4v) is 0.881.